The van der Waals surface area contributed by atoms with Gasteiger partial charge in [0.1, 0.15) is 0 Å². The van der Waals surface area contributed by atoms with Gasteiger partial charge in [-0.05, 0) is 50.2 Å². The molecule has 0 aromatic heterocycles. The van der Waals surface area contributed by atoms with Gasteiger partial charge in [0.25, 0.3) is 0 Å². The van der Waals surface area contributed by atoms with Crippen molar-refractivity contribution in [2.75, 3.05) is 0 Å². The Kier molecular flexibility index (Phi) is 4.36. The predicted molar refractivity (Wildman–Crippen MR) is 118 cm³/mol. The van der Waals surface area contributed by atoms with Crippen molar-refractivity contribution in [2.24, 2.45) is 0 Å². The lowest BCUT2D eigenvalue weighted by Gasteiger charge is -2.24. The summed E-state index contributed by atoms with van der Waals surface area (Å²) in [5, 5.41) is 2.59. The zero-order valence-corrected chi connectivity index (χ0v) is 16.6. The van der Waals surface area contributed by atoms with Crippen LogP contribution in [0.5, 0.6) is 0 Å². The zero-order chi connectivity index (χ0) is 19.0. The second-order valence-corrected chi connectivity index (χ2v) is 7.46. The van der Waals surface area contributed by atoms with E-state index in [0.29, 0.717) is 0 Å². The van der Waals surface area contributed by atoms with Crippen molar-refractivity contribution in [1.82, 2.24) is 0 Å². The lowest BCUT2D eigenvalue weighted by Crippen LogP contribution is -2.16. The molecule has 0 spiro atoms. The van der Waals surface area contributed by atoms with Crippen molar-refractivity contribution in [3.8, 4) is 22.3 Å². The Hall–Kier alpha value is -2.86. The van der Waals surface area contributed by atoms with E-state index >= 15 is 0 Å². The molecule has 4 aromatic rings. The lowest BCUT2D eigenvalue weighted by molar-refractivity contribution is 0.662. The van der Waals surface area contributed by atoms with Gasteiger partial charge < -0.3 is 0 Å². The molecule has 0 bridgehead atoms. The highest BCUT2D eigenvalue weighted by Crippen LogP contribution is 2.51. The molecular formula is C27H26. The lowest BCUT2D eigenvalue weighted by atomic mass is 9.78. The van der Waals surface area contributed by atoms with Gasteiger partial charge in [-0.15, -0.1) is 0 Å². The topological polar surface area (TPSA) is 0 Å². The summed E-state index contributed by atoms with van der Waals surface area (Å²) in [4.78, 5) is 0. The molecule has 5 rings (SSSR count). The summed E-state index contributed by atoms with van der Waals surface area (Å²) in [7, 11) is 0. The second-order valence-electron chi connectivity index (χ2n) is 7.46. The smallest absolute Gasteiger partial charge is 0.0165 e. The first-order chi connectivity index (χ1) is 13.2. The number of hydrogen-bond acceptors (Lipinski definition) is 0. The maximum atomic E-state index is 2.35. The Morgan fingerprint density at radius 1 is 0.556 bits per heavy atom. The number of benzene rings is 4. The molecule has 0 unspecified atom stereocenters. The molecule has 4 aromatic carbocycles. The van der Waals surface area contributed by atoms with Crippen LogP contribution in [0.15, 0.2) is 84.9 Å². The molecule has 0 amide bonds. The van der Waals surface area contributed by atoms with E-state index in [1.807, 2.05) is 13.8 Å². The van der Waals surface area contributed by atoms with E-state index in [0.717, 1.165) is 0 Å². The third kappa shape index (κ3) is 2.68. The van der Waals surface area contributed by atoms with Crippen LogP contribution in [0.2, 0.25) is 0 Å². The Labute approximate surface area is 162 Å². The second kappa shape index (κ2) is 6.70. The van der Waals surface area contributed by atoms with Crippen LogP contribution in [0.4, 0.5) is 0 Å². The molecule has 1 aliphatic rings. The fraction of sp³-hybridized carbons (Fsp3) is 0.185. The van der Waals surface area contributed by atoms with Gasteiger partial charge in [0.2, 0.25) is 0 Å². The standard InChI is InChI=1S/C25H20.C2H6/c1-25(2)23-13-6-5-10-21(23)22-12-7-11-20(24(22)25)19-15-14-17-8-3-4-9-18(17)16-19;1-2/h3-16H,1-2H3;1-2H3. The highest BCUT2D eigenvalue weighted by atomic mass is 14.4. The van der Waals surface area contributed by atoms with Crippen LogP contribution in [0, 0.1) is 0 Å². The molecule has 0 fully saturated rings. The first-order valence-corrected chi connectivity index (χ1v) is 9.89. The highest BCUT2D eigenvalue weighted by Gasteiger charge is 2.37. The predicted octanol–water partition coefficient (Wildman–Crippen LogP) is 7.84. The SMILES string of the molecule is CC.CC1(C)c2ccccc2-c2cccc(-c3ccc4ccccc4c3)c21. The summed E-state index contributed by atoms with van der Waals surface area (Å²) >= 11 is 0. The van der Waals surface area contributed by atoms with Gasteiger partial charge in [-0.2, -0.15) is 0 Å². The van der Waals surface area contributed by atoms with Gasteiger partial charge in [0.05, 0.1) is 0 Å². The molecule has 0 N–H and O–H groups in total. The van der Waals surface area contributed by atoms with E-state index in [1.165, 1.54) is 44.2 Å². The van der Waals surface area contributed by atoms with E-state index in [2.05, 4.69) is 98.8 Å². The van der Waals surface area contributed by atoms with E-state index in [1.54, 1.807) is 0 Å². The van der Waals surface area contributed by atoms with Crippen molar-refractivity contribution in [3.63, 3.8) is 0 Å². The van der Waals surface area contributed by atoms with Gasteiger partial charge in [-0.3, -0.25) is 0 Å². The Balaban J connectivity index is 0.000000872. The summed E-state index contributed by atoms with van der Waals surface area (Å²) in [6.07, 6.45) is 0. The van der Waals surface area contributed by atoms with Crippen molar-refractivity contribution in [3.05, 3.63) is 96.1 Å². The fourth-order valence-electron chi connectivity index (χ4n) is 4.45. The number of hydrogen-bond donors (Lipinski definition) is 0. The molecular weight excluding hydrogens is 324 g/mol. The van der Waals surface area contributed by atoms with Gasteiger partial charge in [0, 0.05) is 5.41 Å². The van der Waals surface area contributed by atoms with Gasteiger partial charge >= 0.3 is 0 Å². The summed E-state index contributed by atoms with van der Waals surface area (Å²) < 4.78 is 0. The molecule has 0 saturated heterocycles. The normalized spacial score (nSPS) is 13.5. The maximum Gasteiger partial charge on any atom is 0.0165 e. The van der Waals surface area contributed by atoms with Crippen molar-refractivity contribution < 1.29 is 0 Å². The molecule has 1 aliphatic carbocycles. The summed E-state index contributed by atoms with van der Waals surface area (Å²) in [5.41, 5.74) is 8.32. The van der Waals surface area contributed by atoms with Gasteiger partial charge in [-0.25, -0.2) is 0 Å². The molecule has 0 saturated carbocycles. The van der Waals surface area contributed by atoms with Crippen LogP contribution in [-0.4, -0.2) is 0 Å². The van der Waals surface area contributed by atoms with Crippen LogP contribution >= 0.6 is 0 Å². The molecule has 134 valence electrons. The molecule has 0 radical (unpaired) electrons. The van der Waals surface area contributed by atoms with Crippen LogP contribution in [0.1, 0.15) is 38.8 Å². The molecule has 0 nitrogen and oxygen atoms in total. The Morgan fingerprint density at radius 3 is 2.00 bits per heavy atom. The summed E-state index contributed by atoms with van der Waals surface area (Å²) in [6.45, 7) is 8.70. The number of fused-ring (bicyclic) bond motifs is 4. The van der Waals surface area contributed by atoms with Crippen LogP contribution in [-0.2, 0) is 5.41 Å². The third-order valence-corrected chi connectivity index (χ3v) is 5.64. The number of rotatable bonds is 1. The quantitative estimate of drug-likeness (QED) is 0.328. The average Bonchev–Trinajstić information content (AvgIpc) is 2.97. The highest BCUT2D eigenvalue weighted by molar-refractivity contribution is 5.92. The molecule has 27 heavy (non-hydrogen) atoms. The van der Waals surface area contributed by atoms with Crippen LogP contribution in [0.25, 0.3) is 33.0 Å². The minimum atomic E-state index is 0.0220. The molecule has 0 atom stereocenters. The van der Waals surface area contributed by atoms with Gasteiger partial charge in [-0.1, -0.05) is 107 Å². The minimum Gasteiger partial charge on any atom is -0.0683 e. The van der Waals surface area contributed by atoms with Crippen molar-refractivity contribution in [1.29, 1.82) is 0 Å². The average molecular weight is 351 g/mol. The summed E-state index contributed by atoms with van der Waals surface area (Å²) in [6, 6.07) is 31.0. The largest absolute Gasteiger partial charge is 0.0683 e. The zero-order valence-electron chi connectivity index (χ0n) is 16.6. The minimum absolute atomic E-state index is 0.0220. The van der Waals surface area contributed by atoms with Crippen molar-refractivity contribution in [2.45, 2.75) is 33.1 Å². The molecule has 0 heterocycles. The third-order valence-electron chi connectivity index (χ3n) is 5.64. The van der Waals surface area contributed by atoms with Gasteiger partial charge in [0.15, 0.2) is 0 Å². The fourth-order valence-corrected chi connectivity index (χ4v) is 4.45. The van der Waals surface area contributed by atoms with E-state index in [-0.39, 0.29) is 5.41 Å². The van der Waals surface area contributed by atoms with Crippen molar-refractivity contribution >= 4 is 10.8 Å². The van der Waals surface area contributed by atoms with E-state index in [9.17, 15) is 0 Å². The maximum absolute atomic E-state index is 2.35. The Bertz CT molecular complexity index is 1120. The molecule has 0 aliphatic heterocycles. The van der Waals surface area contributed by atoms with Crippen LogP contribution in [0.3, 0.4) is 0 Å². The summed E-state index contributed by atoms with van der Waals surface area (Å²) in [5.74, 6) is 0. The monoisotopic (exact) mass is 350 g/mol. The molecule has 0 heteroatoms. The first-order valence-electron chi connectivity index (χ1n) is 9.89. The van der Waals surface area contributed by atoms with E-state index in [4.69, 9.17) is 0 Å². The first kappa shape index (κ1) is 17.5. The van der Waals surface area contributed by atoms with E-state index < -0.39 is 0 Å². The van der Waals surface area contributed by atoms with Crippen LogP contribution < -0.4 is 0 Å². The Morgan fingerprint density at radius 2 is 1.19 bits per heavy atom.